The van der Waals surface area contributed by atoms with E-state index >= 15 is 0 Å². The van der Waals surface area contributed by atoms with Crippen molar-refractivity contribution in [2.45, 2.75) is 49.4 Å². The van der Waals surface area contributed by atoms with Crippen LogP contribution >= 0.6 is 11.8 Å². The maximum absolute atomic E-state index is 12.3. The number of phenols is 1. The fourth-order valence-electron chi connectivity index (χ4n) is 4.58. The first kappa shape index (κ1) is 33.8. The number of aliphatic hydroxyl groups is 1. The van der Waals surface area contributed by atoms with Crippen molar-refractivity contribution in [3.8, 4) is 11.5 Å². The Morgan fingerprint density at radius 3 is 2.50 bits per heavy atom. The van der Waals surface area contributed by atoms with Crippen LogP contribution in [0.2, 0.25) is 0 Å². The van der Waals surface area contributed by atoms with E-state index in [1.54, 1.807) is 36.4 Å². The number of thioether (sulfide) groups is 1. The molecule has 12 heteroatoms. The Balaban J connectivity index is 1.50. The second kappa shape index (κ2) is 15.3. The SMILES string of the molecule is CCCc1c(OCCC=CC=C[C@H](Sc2ccc3c(=O)cc(C(=O)O)oc3c2)[C@H](O)c2cc(C(=O)O)co2)ccc(C(C)=O)c1O. The number of ether oxygens (including phenoxy) is 1. The van der Waals surface area contributed by atoms with E-state index in [0.29, 0.717) is 35.7 Å². The first-order valence-corrected chi connectivity index (χ1v) is 15.2. The van der Waals surface area contributed by atoms with Gasteiger partial charge in [-0.3, -0.25) is 9.59 Å². The van der Waals surface area contributed by atoms with E-state index in [0.717, 1.165) is 30.5 Å². The number of fused-ring (bicyclic) bond motifs is 1. The Morgan fingerprint density at radius 1 is 1.04 bits per heavy atom. The predicted molar refractivity (Wildman–Crippen MR) is 170 cm³/mol. The number of hydrogen-bond acceptors (Lipinski definition) is 10. The highest BCUT2D eigenvalue weighted by Gasteiger charge is 2.25. The van der Waals surface area contributed by atoms with Crippen molar-refractivity contribution in [3.05, 3.63) is 111 Å². The zero-order valence-electron chi connectivity index (χ0n) is 25.0. The minimum absolute atomic E-state index is 0.0272. The van der Waals surface area contributed by atoms with Crippen molar-refractivity contribution in [1.82, 2.24) is 0 Å². The average molecular weight is 649 g/mol. The zero-order chi connectivity index (χ0) is 33.4. The number of allylic oxidation sites excluding steroid dienone is 2. The number of Topliss-reactive ketones (excluding diaryl/α,β-unsaturated/α-hetero) is 1. The monoisotopic (exact) mass is 648 g/mol. The number of furan rings is 1. The highest BCUT2D eigenvalue weighted by atomic mass is 32.2. The summed E-state index contributed by atoms with van der Waals surface area (Å²) in [7, 11) is 0. The second-order valence-corrected chi connectivity index (χ2v) is 11.5. The van der Waals surface area contributed by atoms with Gasteiger partial charge >= 0.3 is 11.9 Å². The Morgan fingerprint density at radius 2 is 1.83 bits per heavy atom. The Hall–Kier alpha value is -5.07. The predicted octanol–water partition coefficient (Wildman–Crippen LogP) is 6.42. The van der Waals surface area contributed by atoms with E-state index < -0.39 is 34.5 Å². The molecule has 0 unspecified atom stereocenters. The Labute approximate surface area is 267 Å². The van der Waals surface area contributed by atoms with Gasteiger partial charge in [0.2, 0.25) is 5.76 Å². The summed E-state index contributed by atoms with van der Waals surface area (Å²) in [5, 5.41) is 39.7. The molecule has 4 aromatic rings. The summed E-state index contributed by atoms with van der Waals surface area (Å²) in [6, 6.07) is 9.97. The molecule has 0 fully saturated rings. The van der Waals surface area contributed by atoms with Gasteiger partial charge in [0.1, 0.15) is 35.2 Å². The summed E-state index contributed by atoms with van der Waals surface area (Å²) in [5.41, 5.74) is 0.266. The summed E-state index contributed by atoms with van der Waals surface area (Å²) >= 11 is 1.16. The lowest BCUT2D eigenvalue weighted by Crippen LogP contribution is -2.12. The van der Waals surface area contributed by atoms with Crippen LogP contribution in [0, 0.1) is 0 Å². The summed E-state index contributed by atoms with van der Waals surface area (Å²) < 4.78 is 16.6. The first-order valence-electron chi connectivity index (χ1n) is 14.3. The fraction of sp³-hybridized carbons (Fsp3) is 0.235. The number of carbonyl (C=O) groups excluding carboxylic acids is 1. The number of aromatic hydroxyl groups is 1. The molecule has 0 saturated heterocycles. The fourth-order valence-corrected chi connectivity index (χ4v) is 5.64. The van der Waals surface area contributed by atoms with Crippen LogP contribution in [0.3, 0.4) is 0 Å². The van der Waals surface area contributed by atoms with Crippen molar-refractivity contribution >= 4 is 40.5 Å². The van der Waals surface area contributed by atoms with E-state index in [1.165, 1.54) is 25.1 Å². The lowest BCUT2D eigenvalue weighted by molar-refractivity contribution is 0.0660. The van der Waals surface area contributed by atoms with Crippen molar-refractivity contribution in [2.75, 3.05) is 6.61 Å². The van der Waals surface area contributed by atoms with Crippen molar-refractivity contribution in [3.63, 3.8) is 0 Å². The number of carbonyl (C=O) groups is 3. The number of aliphatic hydroxyl groups excluding tert-OH is 1. The molecule has 0 amide bonds. The molecule has 0 aliphatic rings. The van der Waals surface area contributed by atoms with Crippen LogP contribution in [-0.4, -0.2) is 50.0 Å². The minimum Gasteiger partial charge on any atom is -0.507 e. The zero-order valence-corrected chi connectivity index (χ0v) is 25.8. The molecule has 4 N–H and O–H groups in total. The number of carboxylic acid groups (broad SMARTS) is 2. The van der Waals surface area contributed by atoms with Gasteiger partial charge in [-0.05, 0) is 56.2 Å². The molecule has 0 bridgehead atoms. The molecule has 0 aliphatic heterocycles. The summed E-state index contributed by atoms with van der Waals surface area (Å²) in [6.07, 6.45) is 8.52. The van der Waals surface area contributed by atoms with Gasteiger partial charge < -0.3 is 34.0 Å². The number of phenolic OH excluding ortho intramolecular Hbond substituents is 1. The lowest BCUT2D eigenvalue weighted by atomic mass is 10.0. The van der Waals surface area contributed by atoms with E-state index in [9.17, 15) is 39.6 Å². The molecule has 240 valence electrons. The van der Waals surface area contributed by atoms with Crippen molar-refractivity contribution < 1.29 is 48.4 Å². The summed E-state index contributed by atoms with van der Waals surface area (Å²) in [5.74, 6) is -2.86. The summed E-state index contributed by atoms with van der Waals surface area (Å²) in [4.78, 5) is 47.4. The van der Waals surface area contributed by atoms with Crippen molar-refractivity contribution in [1.29, 1.82) is 0 Å². The molecule has 2 heterocycles. The number of benzene rings is 2. The van der Waals surface area contributed by atoms with Gasteiger partial charge in [-0.2, -0.15) is 0 Å². The topological polar surface area (TPSA) is 185 Å². The third-order valence-electron chi connectivity index (χ3n) is 6.86. The summed E-state index contributed by atoms with van der Waals surface area (Å²) in [6.45, 7) is 3.65. The van der Waals surface area contributed by atoms with Gasteiger partial charge in [-0.15, -0.1) is 11.8 Å². The normalized spacial score (nSPS) is 12.9. The second-order valence-electron chi connectivity index (χ2n) is 10.2. The van der Waals surface area contributed by atoms with Crippen LogP contribution in [0.1, 0.15) is 75.4 Å². The molecular formula is C34H32O11S. The molecule has 11 nitrogen and oxygen atoms in total. The molecule has 0 saturated carbocycles. The van der Waals surface area contributed by atoms with Crippen LogP contribution in [0.25, 0.3) is 11.0 Å². The Bertz CT molecular complexity index is 1860. The number of hydrogen-bond donors (Lipinski definition) is 4. The van der Waals surface area contributed by atoms with Gasteiger partial charge in [-0.1, -0.05) is 37.6 Å². The molecule has 46 heavy (non-hydrogen) atoms. The molecular weight excluding hydrogens is 616 g/mol. The maximum atomic E-state index is 12.3. The smallest absolute Gasteiger partial charge is 0.371 e. The Kier molecular flexibility index (Phi) is 11.2. The third kappa shape index (κ3) is 8.14. The van der Waals surface area contributed by atoms with Gasteiger partial charge in [0.15, 0.2) is 11.2 Å². The van der Waals surface area contributed by atoms with Crippen LogP contribution in [0.15, 0.2) is 91.6 Å². The van der Waals surface area contributed by atoms with E-state index in [4.69, 9.17) is 13.6 Å². The molecule has 0 spiro atoms. The maximum Gasteiger partial charge on any atom is 0.371 e. The van der Waals surface area contributed by atoms with Crippen LogP contribution in [0.4, 0.5) is 0 Å². The van der Waals surface area contributed by atoms with E-state index in [2.05, 4.69) is 0 Å². The molecule has 2 atom stereocenters. The van der Waals surface area contributed by atoms with Crippen LogP contribution in [-0.2, 0) is 6.42 Å². The van der Waals surface area contributed by atoms with Gasteiger partial charge in [0, 0.05) is 16.5 Å². The van der Waals surface area contributed by atoms with Gasteiger partial charge in [0.05, 0.1) is 28.4 Å². The van der Waals surface area contributed by atoms with Crippen LogP contribution < -0.4 is 10.2 Å². The highest BCUT2D eigenvalue weighted by molar-refractivity contribution is 8.00. The van der Waals surface area contributed by atoms with E-state index in [-0.39, 0.29) is 39.4 Å². The third-order valence-corrected chi connectivity index (χ3v) is 8.08. The number of carboxylic acids is 2. The highest BCUT2D eigenvalue weighted by Crippen LogP contribution is 2.36. The lowest BCUT2D eigenvalue weighted by Gasteiger charge is -2.18. The van der Waals surface area contributed by atoms with Gasteiger partial charge in [-0.25, -0.2) is 9.59 Å². The quantitative estimate of drug-likeness (QED) is 0.0481. The molecule has 2 aromatic carbocycles. The van der Waals surface area contributed by atoms with Crippen LogP contribution in [0.5, 0.6) is 11.5 Å². The van der Waals surface area contributed by atoms with Crippen molar-refractivity contribution in [2.24, 2.45) is 0 Å². The number of rotatable bonds is 15. The minimum atomic E-state index is -1.39. The number of aromatic carboxylic acids is 2. The molecule has 4 rings (SSSR count). The molecule has 2 aromatic heterocycles. The van der Waals surface area contributed by atoms with E-state index in [1.807, 2.05) is 13.0 Å². The number of ketones is 1. The largest absolute Gasteiger partial charge is 0.507 e. The van der Waals surface area contributed by atoms with Gasteiger partial charge in [0.25, 0.3) is 0 Å². The molecule has 0 aliphatic carbocycles. The standard InChI is InChI=1S/C34H32O11S/c1-3-8-24-26(13-12-22(19(2)35)31(24)37)43-14-7-5-4-6-9-30(32(38)28-15-20(18-44-28)33(39)40)46-21-10-11-23-25(36)17-29(34(41)42)45-27(23)16-21/h4-6,9-13,15-18,30,32,37-38H,3,7-8,14H2,1-2H3,(H,39,40)(H,41,42)/t30-,32+/m0/s1. The first-order chi connectivity index (χ1) is 22.0. The molecule has 0 radical (unpaired) electrons. The average Bonchev–Trinajstić information content (AvgIpc) is 3.52.